The van der Waals surface area contributed by atoms with Crippen molar-refractivity contribution in [3.05, 3.63) is 17.4 Å². The van der Waals surface area contributed by atoms with Crippen molar-refractivity contribution in [3.8, 4) is 0 Å². The van der Waals surface area contributed by atoms with Crippen molar-refractivity contribution >= 4 is 11.6 Å². The van der Waals surface area contributed by atoms with Gasteiger partial charge in [-0.05, 0) is 10.4 Å². The molecule has 0 aliphatic rings. The third kappa shape index (κ3) is 2.52. The molecular weight excluding hydrogens is 188 g/mol. The average Bonchev–Trinajstić information content (AvgIpc) is 2.31. The predicted octanol–water partition coefficient (Wildman–Crippen LogP) is 1.72. The quantitative estimate of drug-likeness (QED) is 0.730. The molecule has 0 bridgehead atoms. The second-order valence-corrected chi connectivity index (χ2v) is 4.46. The molecule has 0 fully saturated rings. The molecule has 1 rings (SSSR count). The molecule has 0 amide bonds. The summed E-state index contributed by atoms with van der Waals surface area (Å²) in [5.41, 5.74) is -0.0736. The van der Waals surface area contributed by atoms with E-state index in [0.717, 1.165) is 5.82 Å². The van der Waals surface area contributed by atoms with E-state index in [1.165, 1.54) is 0 Å². The predicted molar refractivity (Wildman–Crippen MR) is 51.5 cm³/mol. The lowest BCUT2D eigenvalue weighted by Gasteiger charge is -2.16. The summed E-state index contributed by atoms with van der Waals surface area (Å²) in [4.78, 5) is 0. The summed E-state index contributed by atoms with van der Waals surface area (Å²) >= 11 is 5.68. The zero-order valence-electron chi connectivity index (χ0n) is 8.08. The lowest BCUT2D eigenvalue weighted by Crippen LogP contribution is -2.19. The van der Waals surface area contributed by atoms with Crippen LogP contribution in [-0.2, 0) is 12.0 Å². The average molecular weight is 201 g/mol. The van der Waals surface area contributed by atoms with Crippen LogP contribution in [0.3, 0.4) is 0 Å². The van der Waals surface area contributed by atoms with Crippen LogP contribution in [0.4, 0.5) is 0 Å². The van der Waals surface area contributed by atoms with Crippen LogP contribution in [0.1, 0.15) is 26.6 Å². The van der Waals surface area contributed by atoms with Gasteiger partial charge in [-0.1, -0.05) is 39.0 Å². The highest BCUT2D eigenvalue weighted by Crippen LogP contribution is 2.19. The molecule has 1 aromatic heterocycles. The molecule has 0 atom stereocenters. The Morgan fingerprint density at radius 2 is 2.15 bits per heavy atom. The van der Waals surface area contributed by atoms with E-state index in [0.29, 0.717) is 11.6 Å². The minimum absolute atomic E-state index is 0.0736. The smallest absolute Gasteiger partial charge is 0.156 e. The van der Waals surface area contributed by atoms with Crippen LogP contribution in [0, 0.1) is 0 Å². The molecule has 4 nitrogen and oxygen atoms in total. The third-order valence-corrected chi connectivity index (χ3v) is 1.64. The maximum absolute atomic E-state index is 5.68. The van der Waals surface area contributed by atoms with Gasteiger partial charge in [0, 0.05) is 10.4 Å². The molecule has 0 saturated heterocycles. The summed E-state index contributed by atoms with van der Waals surface area (Å²) in [7, 11) is 0. The number of rotatable bonds is 2. The van der Waals surface area contributed by atoms with Crippen molar-refractivity contribution in [2.24, 2.45) is 0 Å². The van der Waals surface area contributed by atoms with Crippen LogP contribution in [-0.4, -0.2) is 20.2 Å². The molecule has 0 saturated carbocycles. The van der Waals surface area contributed by atoms with Crippen molar-refractivity contribution in [2.75, 3.05) is 0 Å². The Labute approximate surface area is 82.6 Å². The van der Waals surface area contributed by atoms with E-state index in [9.17, 15) is 0 Å². The zero-order valence-corrected chi connectivity index (χ0v) is 8.84. The van der Waals surface area contributed by atoms with Gasteiger partial charge in [0.2, 0.25) is 0 Å². The van der Waals surface area contributed by atoms with Gasteiger partial charge in [-0.3, -0.25) is 0 Å². The van der Waals surface area contributed by atoms with Gasteiger partial charge in [-0.2, -0.15) is 0 Å². The van der Waals surface area contributed by atoms with Crippen molar-refractivity contribution in [1.29, 1.82) is 0 Å². The first-order valence-electron chi connectivity index (χ1n) is 4.01. The Morgan fingerprint density at radius 3 is 2.62 bits per heavy atom. The summed E-state index contributed by atoms with van der Waals surface area (Å²) < 4.78 is 1.66. The Kier molecular flexibility index (Phi) is 2.71. The van der Waals surface area contributed by atoms with E-state index in [1.54, 1.807) is 4.68 Å². The van der Waals surface area contributed by atoms with Gasteiger partial charge >= 0.3 is 0 Å². The minimum atomic E-state index is -0.0736. The molecule has 0 N–H and O–H groups in total. The van der Waals surface area contributed by atoms with Crippen molar-refractivity contribution in [1.82, 2.24) is 20.2 Å². The third-order valence-electron chi connectivity index (χ3n) is 1.52. The van der Waals surface area contributed by atoms with Crippen LogP contribution in [0.2, 0.25) is 0 Å². The molecule has 0 spiro atoms. The summed E-state index contributed by atoms with van der Waals surface area (Å²) in [6.45, 7) is 10.2. The van der Waals surface area contributed by atoms with E-state index >= 15 is 0 Å². The van der Waals surface area contributed by atoms with Crippen LogP contribution >= 0.6 is 11.6 Å². The Bertz CT molecular complexity index is 310. The van der Waals surface area contributed by atoms with Gasteiger partial charge in [0.1, 0.15) is 0 Å². The van der Waals surface area contributed by atoms with Crippen LogP contribution in [0.15, 0.2) is 11.6 Å². The lowest BCUT2D eigenvalue weighted by molar-refractivity contribution is 0.492. The second-order valence-electron chi connectivity index (χ2n) is 3.93. The van der Waals surface area contributed by atoms with Crippen molar-refractivity contribution < 1.29 is 0 Å². The second kappa shape index (κ2) is 3.46. The van der Waals surface area contributed by atoms with E-state index in [2.05, 4.69) is 22.1 Å². The van der Waals surface area contributed by atoms with E-state index < -0.39 is 0 Å². The maximum Gasteiger partial charge on any atom is 0.156 e. The molecule has 0 aliphatic heterocycles. The van der Waals surface area contributed by atoms with E-state index in [-0.39, 0.29) is 5.41 Å². The molecule has 1 aromatic rings. The highest BCUT2D eigenvalue weighted by atomic mass is 35.5. The fraction of sp³-hybridized carbons (Fsp3) is 0.625. The van der Waals surface area contributed by atoms with Crippen LogP contribution in [0.5, 0.6) is 0 Å². The summed E-state index contributed by atoms with van der Waals surface area (Å²) in [5.74, 6) is 0.814. The van der Waals surface area contributed by atoms with Crippen LogP contribution in [0.25, 0.3) is 0 Å². The molecule has 13 heavy (non-hydrogen) atoms. The fourth-order valence-electron chi connectivity index (χ4n) is 1.01. The number of hydrogen-bond acceptors (Lipinski definition) is 3. The highest BCUT2D eigenvalue weighted by molar-refractivity contribution is 6.29. The number of hydrogen-bond donors (Lipinski definition) is 0. The molecule has 0 aliphatic carbocycles. The van der Waals surface area contributed by atoms with Crippen LogP contribution < -0.4 is 0 Å². The maximum atomic E-state index is 5.68. The number of nitrogens with zero attached hydrogens (tertiary/aromatic N) is 4. The number of aromatic nitrogens is 4. The van der Waals surface area contributed by atoms with E-state index in [1.807, 2.05) is 20.8 Å². The van der Waals surface area contributed by atoms with Gasteiger partial charge in [-0.25, -0.2) is 4.68 Å². The van der Waals surface area contributed by atoms with Crippen molar-refractivity contribution in [2.45, 2.75) is 32.7 Å². The molecule has 1 heterocycles. The number of tetrazole rings is 1. The number of halogens is 1. The summed E-state index contributed by atoms with van der Waals surface area (Å²) in [6, 6.07) is 0. The Hall–Kier alpha value is -0.900. The SMILES string of the molecule is C=C(Cl)Cn1nnnc1C(C)(C)C. The molecular formula is C8H13ClN4. The lowest BCUT2D eigenvalue weighted by atomic mass is 9.96. The van der Waals surface area contributed by atoms with Gasteiger partial charge in [0.25, 0.3) is 0 Å². The molecule has 0 aromatic carbocycles. The first-order valence-corrected chi connectivity index (χ1v) is 4.39. The monoisotopic (exact) mass is 200 g/mol. The summed E-state index contributed by atoms with van der Waals surface area (Å²) in [6.07, 6.45) is 0. The minimum Gasteiger partial charge on any atom is -0.224 e. The van der Waals surface area contributed by atoms with Gasteiger partial charge < -0.3 is 0 Å². The fourth-order valence-corrected chi connectivity index (χ4v) is 1.12. The molecule has 0 unspecified atom stereocenters. The van der Waals surface area contributed by atoms with Crippen molar-refractivity contribution in [3.63, 3.8) is 0 Å². The largest absolute Gasteiger partial charge is 0.224 e. The molecule has 5 heteroatoms. The van der Waals surface area contributed by atoms with Gasteiger partial charge in [0.05, 0.1) is 6.54 Å². The number of allylic oxidation sites excluding steroid dienone is 1. The molecule has 0 radical (unpaired) electrons. The van der Waals surface area contributed by atoms with E-state index in [4.69, 9.17) is 11.6 Å². The molecule has 72 valence electrons. The normalized spacial score (nSPS) is 11.7. The standard InChI is InChI=1S/C8H13ClN4/c1-6(9)5-13-7(8(2,3)4)10-11-12-13/h1,5H2,2-4H3. The summed E-state index contributed by atoms with van der Waals surface area (Å²) in [5, 5.41) is 11.9. The Morgan fingerprint density at radius 1 is 1.54 bits per heavy atom. The van der Waals surface area contributed by atoms with Gasteiger partial charge in [-0.15, -0.1) is 5.10 Å². The highest BCUT2D eigenvalue weighted by Gasteiger charge is 2.21. The topological polar surface area (TPSA) is 43.6 Å². The van der Waals surface area contributed by atoms with Gasteiger partial charge in [0.15, 0.2) is 5.82 Å². The Balaban J connectivity index is 2.96. The first kappa shape index (κ1) is 10.2. The first-order chi connectivity index (χ1) is 5.91. The zero-order chi connectivity index (χ0) is 10.1.